The second-order valence-corrected chi connectivity index (χ2v) is 5.13. The molecule has 0 aromatic heterocycles. The Labute approximate surface area is 109 Å². The van der Waals surface area contributed by atoms with Gasteiger partial charge in [0, 0.05) is 26.7 Å². The number of piperidine rings is 1. The highest BCUT2D eigenvalue weighted by molar-refractivity contribution is 5.77. The third-order valence-electron chi connectivity index (χ3n) is 4.01. The number of carbonyl (C=O) groups is 2. The van der Waals surface area contributed by atoms with Crippen LogP contribution in [0.4, 0.5) is 4.79 Å². The molecule has 0 saturated carbocycles. The zero-order valence-corrected chi connectivity index (χ0v) is 11.6. The molecule has 0 unspecified atom stereocenters. The van der Waals surface area contributed by atoms with Crippen molar-refractivity contribution >= 4 is 12.0 Å². The Kier molecular flexibility index (Phi) is 4.99. The number of aliphatic carboxylic acids is 1. The predicted molar refractivity (Wildman–Crippen MR) is 69.5 cm³/mol. The summed E-state index contributed by atoms with van der Waals surface area (Å²) < 4.78 is 0. The predicted octanol–water partition coefficient (Wildman–Crippen LogP) is 2.03. The van der Waals surface area contributed by atoms with Crippen molar-refractivity contribution in [3.63, 3.8) is 0 Å². The van der Waals surface area contributed by atoms with Crippen molar-refractivity contribution in [3.05, 3.63) is 0 Å². The summed E-state index contributed by atoms with van der Waals surface area (Å²) in [7, 11) is 1.80. The van der Waals surface area contributed by atoms with Crippen LogP contribution in [-0.2, 0) is 4.79 Å². The number of carboxylic acid groups (broad SMARTS) is 1. The van der Waals surface area contributed by atoms with Crippen molar-refractivity contribution < 1.29 is 14.7 Å². The molecule has 1 heterocycles. The average Bonchev–Trinajstić information content (AvgIpc) is 2.38. The smallest absolute Gasteiger partial charge is 0.319 e. The molecule has 1 fully saturated rings. The SMILES string of the molecule is CCCN(C)C(=O)N1CCC(CC)(C(=O)O)CC1. The summed E-state index contributed by atoms with van der Waals surface area (Å²) >= 11 is 0. The van der Waals surface area contributed by atoms with E-state index < -0.39 is 11.4 Å². The number of carbonyl (C=O) groups excluding carboxylic acids is 1. The Morgan fingerprint density at radius 2 is 1.83 bits per heavy atom. The van der Waals surface area contributed by atoms with Crippen LogP contribution in [0.3, 0.4) is 0 Å². The highest BCUT2D eigenvalue weighted by Gasteiger charge is 2.41. The van der Waals surface area contributed by atoms with E-state index in [1.165, 1.54) is 0 Å². The minimum Gasteiger partial charge on any atom is -0.481 e. The fourth-order valence-corrected chi connectivity index (χ4v) is 2.52. The maximum absolute atomic E-state index is 12.1. The normalized spacial score (nSPS) is 18.5. The summed E-state index contributed by atoms with van der Waals surface area (Å²) in [5.74, 6) is -0.723. The van der Waals surface area contributed by atoms with Crippen molar-refractivity contribution in [1.29, 1.82) is 0 Å². The van der Waals surface area contributed by atoms with Gasteiger partial charge in [0.1, 0.15) is 0 Å². The Balaban J connectivity index is 2.58. The van der Waals surface area contributed by atoms with Crippen LogP contribution in [0.5, 0.6) is 0 Å². The molecule has 0 radical (unpaired) electrons. The molecule has 1 aliphatic heterocycles. The zero-order valence-electron chi connectivity index (χ0n) is 11.6. The standard InChI is InChI=1S/C13H24N2O3/c1-4-8-14(3)12(18)15-9-6-13(5-2,7-10-15)11(16)17/h4-10H2,1-3H3,(H,16,17). The molecule has 1 aliphatic rings. The molecule has 18 heavy (non-hydrogen) atoms. The van der Waals surface area contributed by atoms with E-state index in [0.717, 1.165) is 13.0 Å². The van der Waals surface area contributed by atoms with Crippen LogP contribution in [-0.4, -0.2) is 53.6 Å². The third-order valence-corrected chi connectivity index (χ3v) is 4.01. The summed E-state index contributed by atoms with van der Waals surface area (Å²) in [6.45, 7) is 5.79. The van der Waals surface area contributed by atoms with E-state index in [4.69, 9.17) is 0 Å². The molecule has 5 heteroatoms. The van der Waals surface area contributed by atoms with Crippen molar-refractivity contribution in [2.24, 2.45) is 5.41 Å². The lowest BCUT2D eigenvalue weighted by Gasteiger charge is -2.39. The van der Waals surface area contributed by atoms with Crippen molar-refractivity contribution in [1.82, 2.24) is 9.80 Å². The fraction of sp³-hybridized carbons (Fsp3) is 0.846. The lowest BCUT2D eigenvalue weighted by molar-refractivity contribution is -0.152. The molecule has 0 aromatic rings. The second kappa shape index (κ2) is 6.07. The first-order chi connectivity index (χ1) is 8.46. The van der Waals surface area contributed by atoms with Gasteiger partial charge in [-0.05, 0) is 25.7 Å². The summed E-state index contributed by atoms with van der Waals surface area (Å²) in [6, 6.07) is 0.0203. The lowest BCUT2D eigenvalue weighted by atomic mass is 9.76. The van der Waals surface area contributed by atoms with Crippen LogP contribution in [0.25, 0.3) is 0 Å². The molecule has 0 atom stereocenters. The second-order valence-electron chi connectivity index (χ2n) is 5.13. The van der Waals surface area contributed by atoms with E-state index in [1.54, 1.807) is 16.8 Å². The average molecular weight is 256 g/mol. The van der Waals surface area contributed by atoms with E-state index in [9.17, 15) is 14.7 Å². The van der Waals surface area contributed by atoms with Crippen molar-refractivity contribution in [3.8, 4) is 0 Å². The van der Waals surface area contributed by atoms with E-state index in [0.29, 0.717) is 32.4 Å². The molecule has 0 bridgehead atoms. The fourth-order valence-electron chi connectivity index (χ4n) is 2.52. The van der Waals surface area contributed by atoms with Gasteiger partial charge in [0.05, 0.1) is 5.41 Å². The van der Waals surface area contributed by atoms with E-state index >= 15 is 0 Å². The van der Waals surface area contributed by atoms with Crippen molar-refractivity contribution in [2.75, 3.05) is 26.7 Å². The maximum atomic E-state index is 12.1. The highest BCUT2D eigenvalue weighted by Crippen LogP contribution is 2.35. The van der Waals surface area contributed by atoms with Crippen molar-refractivity contribution in [2.45, 2.75) is 39.5 Å². The molecule has 1 saturated heterocycles. The summed E-state index contributed by atoms with van der Waals surface area (Å²) in [5.41, 5.74) is -0.625. The van der Waals surface area contributed by atoms with Gasteiger partial charge in [-0.25, -0.2) is 4.79 Å². The van der Waals surface area contributed by atoms with Gasteiger partial charge in [0.15, 0.2) is 0 Å². The van der Waals surface area contributed by atoms with Gasteiger partial charge in [-0.15, -0.1) is 0 Å². The number of urea groups is 1. The minimum atomic E-state index is -0.723. The zero-order chi connectivity index (χ0) is 13.8. The van der Waals surface area contributed by atoms with E-state index in [2.05, 4.69) is 0 Å². The van der Waals surface area contributed by atoms with Gasteiger partial charge in [0.2, 0.25) is 0 Å². The molecule has 5 nitrogen and oxygen atoms in total. The van der Waals surface area contributed by atoms with Gasteiger partial charge in [-0.3, -0.25) is 4.79 Å². The Hall–Kier alpha value is -1.26. The largest absolute Gasteiger partial charge is 0.481 e. The van der Waals surface area contributed by atoms with Gasteiger partial charge in [-0.2, -0.15) is 0 Å². The van der Waals surface area contributed by atoms with Crippen LogP contribution in [0.2, 0.25) is 0 Å². The highest BCUT2D eigenvalue weighted by atomic mass is 16.4. The summed E-state index contributed by atoms with van der Waals surface area (Å²) in [4.78, 5) is 26.8. The van der Waals surface area contributed by atoms with Gasteiger partial charge in [-0.1, -0.05) is 13.8 Å². The van der Waals surface area contributed by atoms with Gasteiger partial charge < -0.3 is 14.9 Å². The molecule has 2 amide bonds. The Bertz CT molecular complexity index is 309. The van der Waals surface area contributed by atoms with Crippen LogP contribution >= 0.6 is 0 Å². The first-order valence-electron chi connectivity index (χ1n) is 6.70. The van der Waals surface area contributed by atoms with Crippen LogP contribution < -0.4 is 0 Å². The summed E-state index contributed by atoms with van der Waals surface area (Å²) in [5, 5.41) is 9.29. The molecule has 1 rings (SSSR count). The van der Waals surface area contributed by atoms with Crippen LogP contribution in [0, 0.1) is 5.41 Å². The third kappa shape index (κ3) is 2.94. The van der Waals surface area contributed by atoms with Gasteiger partial charge >= 0.3 is 12.0 Å². The number of likely N-dealkylation sites (tertiary alicyclic amines) is 1. The first kappa shape index (κ1) is 14.8. The molecule has 104 valence electrons. The Morgan fingerprint density at radius 3 is 2.22 bits per heavy atom. The topological polar surface area (TPSA) is 60.9 Å². The van der Waals surface area contributed by atoms with Crippen LogP contribution in [0.1, 0.15) is 39.5 Å². The quantitative estimate of drug-likeness (QED) is 0.837. The summed E-state index contributed by atoms with van der Waals surface area (Å²) in [6.07, 6.45) is 2.69. The molecular formula is C13H24N2O3. The van der Waals surface area contributed by atoms with Gasteiger partial charge in [0.25, 0.3) is 0 Å². The monoisotopic (exact) mass is 256 g/mol. The molecule has 1 N–H and O–H groups in total. The number of hydrogen-bond acceptors (Lipinski definition) is 2. The molecule has 0 aliphatic carbocycles. The maximum Gasteiger partial charge on any atom is 0.319 e. The number of carboxylic acids is 1. The molecule has 0 aromatic carbocycles. The van der Waals surface area contributed by atoms with Crippen LogP contribution in [0.15, 0.2) is 0 Å². The number of nitrogens with zero attached hydrogens (tertiary/aromatic N) is 2. The Morgan fingerprint density at radius 1 is 1.28 bits per heavy atom. The number of amides is 2. The molecule has 0 spiro atoms. The molecular weight excluding hydrogens is 232 g/mol. The van der Waals surface area contributed by atoms with E-state index in [-0.39, 0.29) is 6.03 Å². The first-order valence-corrected chi connectivity index (χ1v) is 6.70. The minimum absolute atomic E-state index is 0.0203. The van der Waals surface area contributed by atoms with E-state index in [1.807, 2.05) is 13.8 Å². The number of hydrogen-bond donors (Lipinski definition) is 1. The lowest BCUT2D eigenvalue weighted by Crippen LogP contribution is -2.50. The number of rotatable bonds is 4.